The number of hydrogen-bond acceptors (Lipinski definition) is 14. The molecule has 0 aromatic carbocycles. The van der Waals surface area contributed by atoms with Crippen LogP contribution < -0.4 is 16.0 Å². The lowest BCUT2D eigenvalue weighted by Crippen LogP contribution is -2.30. The molecule has 0 aliphatic carbocycles. The molecule has 8 aromatic rings. The average molecular weight is 775 g/mol. The van der Waals surface area contributed by atoms with Gasteiger partial charge >= 0.3 is 0 Å². The first-order valence-electron chi connectivity index (χ1n) is 18.4. The van der Waals surface area contributed by atoms with E-state index in [2.05, 4.69) is 74.5 Å². The Morgan fingerprint density at radius 3 is 1.76 bits per heavy atom. The number of anilines is 4. The van der Waals surface area contributed by atoms with Crippen LogP contribution in [0.3, 0.4) is 0 Å². The molecule has 2 atom stereocenters. The van der Waals surface area contributed by atoms with Crippen LogP contribution in [0, 0.1) is 0 Å². The van der Waals surface area contributed by atoms with Gasteiger partial charge in [-0.05, 0) is 81.0 Å². The highest BCUT2D eigenvalue weighted by molar-refractivity contribution is 7.10. The van der Waals surface area contributed by atoms with Crippen molar-refractivity contribution in [2.75, 3.05) is 43.9 Å². The van der Waals surface area contributed by atoms with Gasteiger partial charge in [0.15, 0.2) is 22.9 Å². The SMILES string of the molecule is CN1CCCC(c2cc(Nc3nccn4c(-c5cnn(C)c5)cnc34)sn2)C1.Cn1cc(-c2cnc3c(Nc4cc(C5CCCNC5)ns4)nccn23)cn1. The maximum atomic E-state index is 4.69. The first-order valence-corrected chi connectivity index (χ1v) is 20.0. The predicted molar refractivity (Wildman–Crippen MR) is 215 cm³/mol. The van der Waals surface area contributed by atoms with Crippen molar-refractivity contribution >= 4 is 56.0 Å². The van der Waals surface area contributed by atoms with Gasteiger partial charge in [0.05, 0.1) is 47.6 Å². The van der Waals surface area contributed by atoms with E-state index in [4.69, 9.17) is 4.37 Å². The second kappa shape index (κ2) is 15.3. The molecular weight excluding hydrogens is 733 g/mol. The average Bonchev–Trinajstić information content (AvgIpc) is 4.06. The molecule has 2 fully saturated rings. The van der Waals surface area contributed by atoms with Crippen LogP contribution in [0.5, 0.6) is 0 Å². The molecule has 0 saturated carbocycles. The van der Waals surface area contributed by atoms with Crippen molar-refractivity contribution in [1.29, 1.82) is 0 Å². The van der Waals surface area contributed by atoms with E-state index < -0.39 is 0 Å². The number of likely N-dealkylation sites (tertiary alicyclic amines) is 1. The molecule has 0 spiro atoms. The van der Waals surface area contributed by atoms with E-state index in [-0.39, 0.29) is 0 Å². The third-order valence-electron chi connectivity index (χ3n) is 10.2. The van der Waals surface area contributed by atoms with Crippen molar-refractivity contribution in [3.05, 3.63) is 85.5 Å². The number of imidazole rings is 2. The molecule has 0 bridgehead atoms. The number of aryl methyl sites for hydroxylation is 2. The van der Waals surface area contributed by atoms with Crippen molar-refractivity contribution in [3.63, 3.8) is 0 Å². The molecule has 18 heteroatoms. The number of likely N-dealkylation sites (N-methyl/N-ethyl adjacent to an activating group) is 1. The zero-order chi connectivity index (χ0) is 37.3. The third kappa shape index (κ3) is 7.45. The number of hydrogen-bond donors (Lipinski definition) is 3. The number of piperidine rings is 2. The van der Waals surface area contributed by atoms with Crippen molar-refractivity contribution in [2.24, 2.45) is 14.1 Å². The van der Waals surface area contributed by atoms with Crippen LogP contribution in [-0.4, -0.2) is 95.2 Å². The van der Waals surface area contributed by atoms with E-state index in [0.29, 0.717) is 11.8 Å². The van der Waals surface area contributed by atoms with Crippen LogP contribution in [0.15, 0.2) is 74.1 Å². The molecule has 2 aliphatic heterocycles. The van der Waals surface area contributed by atoms with E-state index in [1.54, 1.807) is 21.8 Å². The van der Waals surface area contributed by atoms with E-state index in [9.17, 15) is 0 Å². The van der Waals surface area contributed by atoms with Crippen LogP contribution in [0.1, 0.15) is 48.9 Å². The van der Waals surface area contributed by atoms with E-state index in [0.717, 1.165) is 80.8 Å². The largest absolute Gasteiger partial charge is 0.328 e. The molecular formula is C37H42N16S2. The van der Waals surface area contributed by atoms with Crippen LogP contribution in [0.25, 0.3) is 33.8 Å². The van der Waals surface area contributed by atoms with Crippen LogP contribution in [0.2, 0.25) is 0 Å². The van der Waals surface area contributed by atoms with E-state index >= 15 is 0 Å². The highest BCUT2D eigenvalue weighted by atomic mass is 32.1. The number of nitrogens with one attached hydrogen (secondary N) is 3. The minimum absolute atomic E-state index is 0.498. The standard InChI is InChI=1S/C19H22N8S.C18H20N8S/c1-25-6-3-4-13(11-25)15-8-17(28-24-15)23-18-19-21-10-16(27(19)7-5-20-18)14-9-22-26(2)12-14;1-25-11-13(9-22-25)15-10-21-18-17(20-5-6-26(15)18)23-16-7-14(24-27-16)12-3-2-4-19-8-12/h5,7-10,12-13H,3-4,6,11H2,1-2H3,(H,20,23);5-7,9-12,19H,2-4,8H2,1H3,(H,20,23). The first kappa shape index (κ1) is 35.2. The summed E-state index contributed by atoms with van der Waals surface area (Å²) < 4.78 is 17.0. The Labute approximate surface area is 325 Å². The fourth-order valence-corrected chi connectivity index (χ4v) is 8.82. The van der Waals surface area contributed by atoms with Gasteiger partial charge in [-0.25, -0.2) is 19.9 Å². The molecule has 2 aliphatic rings. The molecule has 0 radical (unpaired) electrons. The maximum absolute atomic E-state index is 4.69. The summed E-state index contributed by atoms with van der Waals surface area (Å²) in [4.78, 5) is 20.5. The summed E-state index contributed by atoms with van der Waals surface area (Å²) in [5, 5.41) is 20.7. The zero-order valence-corrected chi connectivity index (χ0v) is 32.5. The monoisotopic (exact) mass is 774 g/mol. The zero-order valence-electron chi connectivity index (χ0n) is 30.9. The Morgan fingerprint density at radius 1 is 0.691 bits per heavy atom. The number of rotatable bonds is 8. The Kier molecular flexibility index (Phi) is 9.77. The minimum atomic E-state index is 0.498. The summed E-state index contributed by atoms with van der Waals surface area (Å²) in [6, 6.07) is 4.29. The van der Waals surface area contributed by atoms with Gasteiger partial charge in [-0.15, -0.1) is 0 Å². The molecule has 8 aromatic heterocycles. The normalized spacial score (nSPS) is 17.7. The second-order valence-corrected chi connectivity index (χ2v) is 15.8. The molecule has 2 unspecified atom stereocenters. The Hall–Kier alpha value is -5.56. The van der Waals surface area contributed by atoms with E-state index in [1.807, 2.05) is 72.5 Å². The molecule has 2 saturated heterocycles. The molecule has 0 amide bonds. The summed E-state index contributed by atoms with van der Waals surface area (Å²) in [6.07, 6.45) is 23.6. The third-order valence-corrected chi connectivity index (χ3v) is 11.6. The van der Waals surface area contributed by atoms with Gasteiger partial charge in [-0.1, -0.05) is 0 Å². The van der Waals surface area contributed by atoms with Crippen molar-refractivity contribution in [1.82, 2.24) is 67.3 Å². The summed E-state index contributed by atoms with van der Waals surface area (Å²) >= 11 is 2.96. The fourth-order valence-electron chi connectivity index (χ4n) is 7.37. The van der Waals surface area contributed by atoms with Gasteiger partial charge in [0, 0.05) is 87.3 Å². The smallest absolute Gasteiger partial charge is 0.180 e. The molecule has 10 rings (SSSR count). The van der Waals surface area contributed by atoms with Crippen molar-refractivity contribution < 1.29 is 0 Å². The summed E-state index contributed by atoms with van der Waals surface area (Å²) in [5.41, 5.74) is 7.91. The number of aromatic nitrogens is 12. The lowest BCUT2D eigenvalue weighted by molar-refractivity contribution is 0.249. The van der Waals surface area contributed by atoms with Crippen molar-refractivity contribution in [3.8, 4) is 22.5 Å². The Morgan fingerprint density at radius 2 is 1.25 bits per heavy atom. The topological polar surface area (TPSA) is 161 Å². The van der Waals surface area contributed by atoms with Crippen LogP contribution in [0.4, 0.5) is 21.6 Å². The molecule has 16 nitrogen and oxygen atoms in total. The quantitative estimate of drug-likeness (QED) is 0.167. The maximum Gasteiger partial charge on any atom is 0.180 e. The van der Waals surface area contributed by atoms with Gasteiger partial charge in [-0.3, -0.25) is 18.2 Å². The van der Waals surface area contributed by atoms with Gasteiger partial charge in [0.25, 0.3) is 0 Å². The Balaban J connectivity index is 0.000000144. The van der Waals surface area contributed by atoms with Crippen LogP contribution in [-0.2, 0) is 14.1 Å². The van der Waals surface area contributed by atoms with Gasteiger partial charge < -0.3 is 20.9 Å². The minimum Gasteiger partial charge on any atom is -0.328 e. The van der Waals surface area contributed by atoms with Gasteiger partial charge in [0.1, 0.15) is 10.0 Å². The summed E-state index contributed by atoms with van der Waals surface area (Å²) in [5.74, 6) is 2.47. The summed E-state index contributed by atoms with van der Waals surface area (Å²) in [7, 11) is 6.00. The molecule has 282 valence electrons. The van der Waals surface area contributed by atoms with Crippen molar-refractivity contribution in [2.45, 2.75) is 37.5 Å². The Bertz CT molecular complexity index is 2530. The second-order valence-electron chi connectivity index (χ2n) is 14.2. The van der Waals surface area contributed by atoms with Gasteiger partial charge in [-0.2, -0.15) is 18.9 Å². The summed E-state index contributed by atoms with van der Waals surface area (Å²) in [6.45, 7) is 4.37. The highest BCUT2D eigenvalue weighted by Crippen LogP contribution is 2.33. The lowest BCUT2D eigenvalue weighted by atomic mass is 9.95. The highest BCUT2D eigenvalue weighted by Gasteiger charge is 2.22. The number of fused-ring (bicyclic) bond motifs is 2. The fraction of sp³-hybridized carbons (Fsp3) is 0.351. The molecule has 55 heavy (non-hydrogen) atoms. The molecule has 10 heterocycles. The predicted octanol–water partition coefficient (Wildman–Crippen LogP) is 5.94. The lowest BCUT2D eigenvalue weighted by Gasteiger charge is -2.28. The first-order chi connectivity index (χ1) is 26.9. The molecule has 3 N–H and O–H groups in total. The van der Waals surface area contributed by atoms with Gasteiger partial charge in [0.2, 0.25) is 0 Å². The van der Waals surface area contributed by atoms with E-state index in [1.165, 1.54) is 61.0 Å². The number of nitrogens with zero attached hydrogens (tertiary/aromatic N) is 13. The van der Waals surface area contributed by atoms with Crippen LogP contribution >= 0.6 is 23.1 Å².